The van der Waals surface area contributed by atoms with Crippen molar-refractivity contribution in [2.24, 2.45) is 5.92 Å². The van der Waals surface area contributed by atoms with Crippen molar-refractivity contribution in [3.05, 3.63) is 12.4 Å². The Morgan fingerprint density at radius 2 is 2.13 bits per heavy atom. The predicted molar refractivity (Wildman–Crippen MR) is 61.1 cm³/mol. The van der Waals surface area contributed by atoms with Crippen LogP contribution in [0.3, 0.4) is 0 Å². The molecular formula is C11H19N3O. The molecule has 1 aromatic rings. The van der Waals surface area contributed by atoms with Crippen molar-refractivity contribution in [3.63, 3.8) is 0 Å². The van der Waals surface area contributed by atoms with Gasteiger partial charge >= 0.3 is 0 Å². The molecule has 1 aromatic heterocycles. The molecule has 0 saturated heterocycles. The largest absolute Gasteiger partial charge is 0.481 e. The van der Waals surface area contributed by atoms with Crippen LogP contribution >= 0.6 is 0 Å². The number of nitrogens with one attached hydrogen (secondary N) is 1. The topological polar surface area (TPSA) is 47.0 Å². The first-order valence-corrected chi connectivity index (χ1v) is 5.30. The van der Waals surface area contributed by atoms with E-state index < -0.39 is 0 Å². The van der Waals surface area contributed by atoms with Crippen LogP contribution in [-0.4, -0.2) is 23.1 Å². The summed E-state index contributed by atoms with van der Waals surface area (Å²) in [4.78, 5) is 8.12. The quantitative estimate of drug-likeness (QED) is 0.808. The molecule has 4 nitrogen and oxygen atoms in total. The third-order valence-electron chi connectivity index (χ3n) is 2.43. The molecule has 0 saturated carbocycles. The number of anilines is 1. The smallest absolute Gasteiger partial charge is 0.218 e. The first-order chi connectivity index (χ1) is 7.17. The van der Waals surface area contributed by atoms with Crippen LogP contribution in [0.1, 0.15) is 27.2 Å². The van der Waals surface area contributed by atoms with Crippen molar-refractivity contribution in [1.29, 1.82) is 0 Å². The third-order valence-corrected chi connectivity index (χ3v) is 2.43. The summed E-state index contributed by atoms with van der Waals surface area (Å²) in [7, 11) is 1.60. The van der Waals surface area contributed by atoms with E-state index in [1.54, 1.807) is 7.11 Å². The molecule has 1 rings (SSSR count). The molecule has 15 heavy (non-hydrogen) atoms. The van der Waals surface area contributed by atoms with Crippen LogP contribution in [0.25, 0.3) is 0 Å². The first-order valence-electron chi connectivity index (χ1n) is 5.30. The summed E-state index contributed by atoms with van der Waals surface area (Å²) >= 11 is 0. The van der Waals surface area contributed by atoms with Gasteiger partial charge in [-0.05, 0) is 12.3 Å². The van der Waals surface area contributed by atoms with E-state index in [0.29, 0.717) is 17.8 Å². The number of methoxy groups -OCH3 is 1. The van der Waals surface area contributed by atoms with Gasteiger partial charge in [-0.25, -0.2) is 9.97 Å². The Hall–Kier alpha value is -1.32. The Kier molecular flexibility index (Phi) is 4.34. The van der Waals surface area contributed by atoms with Crippen LogP contribution < -0.4 is 10.1 Å². The fourth-order valence-electron chi connectivity index (χ4n) is 1.46. The molecule has 0 spiro atoms. The molecule has 84 valence electrons. The molecule has 1 N–H and O–H groups in total. The standard InChI is InChI=1S/C11H19N3O/c1-5-9(8(2)3)14-10-6-11(15-4)13-7-12-10/h6-9H,5H2,1-4H3,(H,12,13,14). The van der Waals surface area contributed by atoms with Gasteiger partial charge in [-0.2, -0.15) is 0 Å². The molecule has 4 heteroatoms. The molecule has 0 bridgehead atoms. The lowest BCUT2D eigenvalue weighted by Crippen LogP contribution is -2.25. The summed E-state index contributed by atoms with van der Waals surface area (Å²) in [5, 5.41) is 3.37. The van der Waals surface area contributed by atoms with Crippen molar-refractivity contribution in [2.75, 3.05) is 12.4 Å². The van der Waals surface area contributed by atoms with Crippen LogP contribution in [0.5, 0.6) is 5.88 Å². The van der Waals surface area contributed by atoms with Gasteiger partial charge in [-0.3, -0.25) is 0 Å². The van der Waals surface area contributed by atoms with E-state index >= 15 is 0 Å². The monoisotopic (exact) mass is 209 g/mol. The van der Waals surface area contributed by atoms with Crippen molar-refractivity contribution in [1.82, 2.24) is 9.97 Å². The summed E-state index contributed by atoms with van der Waals surface area (Å²) in [6.45, 7) is 6.55. The van der Waals surface area contributed by atoms with Crippen molar-refractivity contribution >= 4 is 5.82 Å². The molecule has 0 aromatic carbocycles. The van der Waals surface area contributed by atoms with E-state index in [1.807, 2.05) is 6.07 Å². The van der Waals surface area contributed by atoms with E-state index in [-0.39, 0.29) is 0 Å². The molecule has 0 aliphatic heterocycles. The molecule has 1 heterocycles. The minimum atomic E-state index is 0.435. The van der Waals surface area contributed by atoms with E-state index in [0.717, 1.165) is 12.2 Å². The molecule has 0 aliphatic rings. The second-order valence-electron chi connectivity index (χ2n) is 3.85. The number of ether oxygens (including phenoxy) is 1. The zero-order valence-corrected chi connectivity index (χ0v) is 9.82. The van der Waals surface area contributed by atoms with Gasteiger partial charge in [0.2, 0.25) is 5.88 Å². The predicted octanol–water partition coefficient (Wildman–Crippen LogP) is 2.33. The van der Waals surface area contributed by atoms with Crippen LogP contribution in [0.4, 0.5) is 5.82 Å². The lowest BCUT2D eigenvalue weighted by atomic mass is 10.0. The molecular weight excluding hydrogens is 190 g/mol. The molecule has 0 aliphatic carbocycles. The fraction of sp³-hybridized carbons (Fsp3) is 0.636. The van der Waals surface area contributed by atoms with Gasteiger partial charge in [-0.1, -0.05) is 20.8 Å². The third kappa shape index (κ3) is 3.38. The van der Waals surface area contributed by atoms with Crippen molar-refractivity contribution in [3.8, 4) is 5.88 Å². The molecule has 0 fully saturated rings. The Balaban J connectivity index is 2.70. The summed E-state index contributed by atoms with van der Waals surface area (Å²) < 4.78 is 5.04. The lowest BCUT2D eigenvalue weighted by Gasteiger charge is -2.21. The summed E-state index contributed by atoms with van der Waals surface area (Å²) in [5.74, 6) is 1.99. The van der Waals surface area contributed by atoms with Gasteiger partial charge in [-0.15, -0.1) is 0 Å². The molecule has 0 amide bonds. The average molecular weight is 209 g/mol. The van der Waals surface area contributed by atoms with Crippen LogP contribution in [0.15, 0.2) is 12.4 Å². The molecule has 1 unspecified atom stereocenters. The minimum absolute atomic E-state index is 0.435. The number of rotatable bonds is 5. The van der Waals surface area contributed by atoms with Gasteiger partial charge < -0.3 is 10.1 Å². The highest BCUT2D eigenvalue weighted by atomic mass is 16.5. The zero-order valence-electron chi connectivity index (χ0n) is 9.82. The van der Waals surface area contributed by atoms with Crippen molar-refractivity contribution in [2.45, 2.75) is 33.2 Å². The summed E-state index contributed by atoms with van der Waals surface area (Å²) in [6.07, 6.45) is 2.58. The minimum Gasteiger partial charge on any atom is -0.481 e. The fourth-order valence-corrected chi connectivity index (χ4v) is 1.46. The zero-order chi connectivity index (χ0) is 11.3. The SMILES string of the molecule is CCC(Nc1cc(OC)ncn1)C(C)C. The average Bonchev–Trinajstić information content (AvgIpc) is 2.25. The maximum absolute atomic E-state index is 5.04. The lowest BCUT2D eigenvalue weighted by molar-refractivity contribution is 0.397. The van der Waals surface area contributed by atoms with E-state index in [2.05, 4.69) is 36.1 Å². The second kappa shape index (κ2) is 5.53. The molecule has 0 radical (unpaired) electrons. The maximum atomic E-state index is 5.04. The highest BCUT2D eigenvalue weighted by Gasteiger charge is 2.11. The Morgan fingerprint density at radius 1 is 1.40 bits per heavy atom. The Morgan fingerprint density at radius 3 is 2.67 bits per heavy atom. The van der Waals surface area contributed by atoms with Gasteiger partial charge in [0.25, 0.3) is 0 Å². The van der Waals surface area contributed by atoms with Gasteiger partial charge in [0.1, 0.15) is 12.1 Å². The maximum Gasteiger partial charge on any atom is 0.218 e. The van der Waals surface area contributed by atoms with Crippen molar-refractivity contribution < 1.29 is 4.74 Å². The van der Waals surface area contributed by atoms with Crippen LogP contribution in [0, 0.1) is 5.92 Å². The second-order valence-corrected chi connectivity index (χ2v) is 3.85. The van der Waals surface area contributed by atoms with Crippen LogP contribution in [-0.2, 0) is 0 Å². The van der Waals surface area contributed by atoms with Gasteiger partial charge in [0, 0.05) is 12.1 Å². The summed E-state index contributed by atoms with van der Waals surface area (Å²) in [6, 6.07) is 2.25. The highest BCUT2D eigenvalue weighted by Crippen LogP contribution is 2.15. The normalized spacial score (nSPS) is 12.6. The van der Waals surface area contributed by atoms with E-state index in [4.69, 9.17) is 4.74 Å². The van der Waals surface area contributed by atoms with Gasteiger partial charge in [0.15, 0.2) is 0 Å². The molecule has 1 atom stereocenters. The van der Waals surface area contributed by atoms with Crippen LogP contribution in [0.2, 0.25) is 0 Å². The number of hydrogen-bond donors (Lipinski definition) is 1. The number of hydrogen-bond acceptors (Lipinski definition) is 4. The van der Waals surface area contributed by atoms with E-state index in [1.165, 1.54) is 6.33 Å². The van der Waals surface area contributed by atoms with E-state index in [9.17, 15) is 0 Å². The first kappa shape index (κ1) is 11.8. The van der Waals surface area contributed by atoms with Gasteiger partial charge in [0.05, 0.1) is 7.11 Å². The number of nitrogens with zero attached hydrogens (tertiary/aromatic N) is 2. The Bertz CT molecular complexity index is 302. The number of aromatic nitrogens is 2. The summed E-state index contributed by atoms with van der Waals surface area (Å²) in [5.41, 5.74) is 0. The Labute approximate surface area is 91.1 Å². The highest BCUT2D eigenvalue weighted by molar-refractivity contribution is 5.38.